The van der Waals surface area contributed by atoms with Gasteiger partial charge in [-0.05, 0) is 63.4 Å². The molecule has 4 heterocycles. The lowest BCUT2D eigenvalue weighted by molar-refractivity contribution is -0.142. The fourth-order valence-corrected chi connectivity index (χ4v) is 5.99. The highest BCUT2D eigenvalue weighted by Gasteiger charge is 2.46. The average Bonchev–Trinajstić information content (AvgIpc) is 3.27. The van der Waals surface area contributed by atoms with Gasteiger partial charge in [-0.2, -0.15) is 0 Å². The topological polar surface area (TPSA) is 109 Å². The number of piperidine rings is 1. The Hall–Kier alpha value is -2.20. The van der Waals surface area contributed by atoms with Gasteiger partial charge in [-0.25, -0.2) is 0 Å². The summed E-state index contributed by atoms with van der Waals surface area (Å²) in [4.78, 5) is 27.8. The molecule has 4 atom stereocenters. The van der Waals surface area contributed by atoms with Crippen LogP contribution in [0.25, 0.3) is 0 Å². The number of amides is 2. The molecule has 9 nitrogen and oxygen atoms in total. The maximum Gasteiger partial charge on any atom is 0.227 e. The SMILES string of the molecule is O=C(C[C@H]1C[C@H]2c3cc(NC(=O)C4CCOCC4)ccc3O[C@H]2[C@@H](CO)O1)NCCN1CCCCC1. The number of carbonyl (C=O) groups excluding carboxylic acids is 2. The number of carbonyl (C=O) groups is 2. The monoisotopic (exact) mass is 501 g/mol. The van der Waals surface area contributed by atoms with Crippen molar-refractivity contribution in [3.8, 4) is 5.75 Å². The van der Waals surface area contributed by atoms with Crippen LogP contribution < -0.4 is 15.4 Å². The minimum absolute atomic E-state index is 0.00279. The molecular weight excluding hydrogens is 462 g/mol. The lowest BCUT2D eigenvalue weighted by atomic mass is 9.84. The average molecular weight is 502 g/mol. The van der Waals surface area contributed by atoms with Crippen molar-refractivity contribution < 1.29 is 28.9 Å². The first-order valence-corrected chi connectivity index (χ1v) is 13.6. The van der Waals surface area contributed by atoms with E-state index in [1.807, 2.05) is 18.2 Å². The maximum atomic E-state index is 12.7. The molecule has 0 unspecified atom stereocenters. The van der Waals surface area contributed by atoms with Gasteiger partial charge in [-0.3, -0.25) is 9.59 Å². The molecule has 3 N–H and O–H groups in total. The minimum atomic E-state index is -0.498. The van der Waals surface area contributed by atoms with Crippen LogP contribution in [0.5, 0.6) is 5.75 Å². The van der Waals surface area contributed by atoms with Crippen LogP contribution in [0.1, 0.15) is 56.4 Å². The Bertz CT molecular complexity index is 915. The highest BCUT2D eigenvalue weighted by atomic mass is 16.6. The van der Waals surface area contributed by atoms with Crippen LogP contribution in [0.4, 0.5) is 5.69 Å². The highest BCUT2D eigenvalue weighted by Crippen LogP contribution is 2.47. The van der Waals surface area contributed by atoms with E-state index < -0.39 is 6.10 Å². The molecule has 36 heavy (non-hydrogen) atoms. The highest BCUT2D eigenvalue weighted by molar-refractivity contribution is 5.92. The van der Waals surface area contributed by atoms with E-state index in [4.69, 9.17) is 14.2 Å². The predicted molar refractivity (Wildman–Crippen MR) is 134 cm³/mol. The van der Waals surface area contributed by atoms with Gasteiger partial charge in [0.05, 0.1) is 19.1 Å². The number of ether oxygens (including phenoxy) is 3. The smallest absolute Gasteiger partial charge is 0.227 e. The van der Waals surface area contributed by atoms with E-state index in [9.17, 15) is 14.7 Å². The Morgan fingerprint density at radius 3 is 2.69 bits per heavy atom. The van der Waals surface area contributed by atoms with E-state index in [1.165, 1.54) is 19.3 Å². The Balaban J connectivity index is 1.18. The van der Waals surface area contributed by atoms with Crippen molar-refractivity contribution in [2.24, 2.45) is 5.92 Å². The van der Waals surface area contributed by atoms with E-state index in [-0.39, 0.29) is 48.9 Å². The molecule has 0 radical (unpaired) electrons. The Morgan fingerprint density at radius 2 is 1.92 bits per heavy atom. The second-order valence-corrected chi connectivity index (χ2v) is 10.5. The van der Waals surface area contributed by atoms with Gasteiger partial charge in [0.25, 0.3) is 0 Å². The normalized spacial score (nSPS) is 28.6. The molecule has 0 saturated carbocycles. The molecule has 198 valence electrons. The van der Waals surface area contributed by atoms with Crippen LogP contribution in [-0.2, 0) is 19.1 Å². The lowest BCUT2D eigenvalue weighted by Crippen LogP contribution is -2.47. The van der Waals surface area contributed by atoms with Crippen LogP contribution in [-0.4, -0.2) is 86.1 Å². The molecule has 0 spiro atoms. The van der Waals surface area contributed by atoms with Gasteiger partial charge < -0.3 is 34.9 Å². The fourth-order valence-electron chi connectivity index (χ4n) is 5.99. The third-order valence-corrected chi connectivity index (χ3v) is 7.97. The van der Waals surface area contributed by atoms with E-state index >= 15 is 0 Å². The number of aliphatic hydroxyl groups excluding tert-OH is 1. The van der Waals surface area contributed by atoms with Gasteiger partial charge in [0.15, 0.2) is 0 Å². The van der Waals surface area contributed by atoms with E-state index in [0.717, 1.165) is 49.5 Å². The summed E-state index contributed by atoms with van der Waals surface area (Å²) >= 11 is 0. The molecule has 2 amide bonds. The number of likely N-dealkylation sites (tertiary alicyclic amines) is 1. The van der Waals surface area contributed by atoms with E-state index in [1.54, 1.807) is 0 Å². The van der Waals surface area contributed by atoms with Gasteiger partial charge in [-0.1, -0.05) is 6.42 Å². The molecule has 0 aromatic heterocycles. The quantitative estimate of drug-likeness (QED) is 0.500. The molecule has 0 aliphatic carbocycles. The Kier molecular flexibility index (Phi) is 8.41. The zero-order chi connectivity index (χ0) is 24.9. The number of benzene rings is 1. The number of rotatable bonds is 8. The van der Waals surface area contributed by atoms with Crippen molar-refractivity contribution in [2.45, 2.75) is 69.2 Å². The molecule has 0 bridgehead atoms. The van der Waals surface area contributed by atoms with Crippen molar-refractivity contribution in [2.75, 3.05) is 51.3 Å². The summed E-state index contributed by atoms with van der Waals surface area (Å²) in [6.45, 7) is 4.81. The molecule has 9 heteroatoms. The van der Waals surface area contributed by atoms with E-state index in [0.29, 0.717) is 26.2 Å². The first-order chi connectivity index (χ1) is 17.6. The lowest BCUT2D eigenvalue weighted by Gasteiger charge is -2.37. The standard InChI is InChI=1S/C27H39N3O6/c31-17-24-26-22(15-20(35-24)16-25(32)28-8-11-30-9-2-1-3-10-30)21-14-19(4-5-23(21)36-26)29-27(33)18-6-12-34-13-7-18/h4-5,14,18,20,22,24,26,31H,1-3,6-13,15-17H2,(H,28,32)(H,29,33)/t20-,22+,24-,26-/m1/s1. The number of nitrogens with one attached hydrogen (secondary N) is 2. The summed E-state index contributed by atoms with van der Waals surface area (Å²) in [6, 6.07) is 5.71. The first kappa shape index (κ1) is 25.4. The van der Waals surface area contributed by atoms with Crippen molar-refractivity contribution in [1.82, 2.24) is 10.2 Å². The molecule has 3 fully saturated rings. The van der Waals surface area contributed by atoms with Crippen LogP contribution in [0.2, 0.25) is 0 Å². The summed E-state index contributed by atoms with van der Waals surface area (Å²) in [7, 11) is 0. The summed E-state index contributed by atoms with van der Waals surface area (Å²) in [5.41, 5.74) is 1.75. The summed E-state index contributed by atoms with van der Waals surface area (Å²) in [5, 5.41) is 16.1. The van der Waals surface area contributed by atoms with Gasteiger partial charge in [0.2, 0.25) is 11.8 Å². The molecule has 4 aliphatic heterocycles. The fraction of sp³-hybridized carbons (Fsp3) is 0.704. The molecule has 5 rings (SSSR count). The van der Waals surface area contributed by atoms with Crippen molar-refractivity contribution in [3.63, 3.8) is 0 Å². The van der Waals surface area contributed by atoms with Crippen LogP contribution in [0.15, 0.2) is 18.2 Å². The molecule has 1 aromatic rings. The second-order valence-electron chi connectivity index (χ2n) is 10.5. The zero-order valence-corrected chi connectivity index (χ0v) is 21.0. The summed E-state index contributed by atoms with van der Waals surface area (Å²) in [5.74, 6) is 0.715. The number of nitrogens with zero attached hydrogens (tertiary/aromatic N) is 1. The minimum Gasteiger partial charge on any atom is -0.487 e. The summed E-state index contributed by atoms with van der Waals surface area (Å²) in [6.07, 6.45) is 5.04. The number of hydrogen-bond acceptors (Lipinski definition) is 7. The second kappa shape index (κ2) is 11.9. The van der Waals surface area contributed by atoms with Crippen molar-refractivity contribution >= 4 is 17.5 Å². The van der Waals surface area contributed by atoms with Gasteiger partial charge >= 0.3 is 0 Å². The van der Waals surface area contributed by atoms with Crippen LogP contribution in [0.3, 0.4) is 0 Å². The van der Waals surface area contributed by atoms with Gasteiger partial charge in [-0.15, -0.1) is 0 Å². The number of anilines is 1. The Labute approximate surface area is 212 Å². The first-order valence-electron chi connectivity index (χ1n) is 13.6. The summed E-state index contributed by atoms with van der Waals surface area (Å²) < 4.78 is 17.6. The van der Waals surface area contributed by atoms with Crippen molar-refractivity contribution in [3.05, 3.63) is 23.8 Å². The van der Waals surface area contributed by atoms with Crippen LogP contribution >= 0.6 is 0 Å². The van der Waals surface area contributed by atoms with Gasteiger partial charge in [0, 0.05) is 49.4 Å². The molecule has 4 aliphatic rings. The molecule has 3 saturated heterocycles. The zero-order valence-electron chi connectivity index (χ0n) is 21.0. The third-order valence-electron chi connectivity index (χ3n) is 7.97. The van der Waals surface area contributed by atoms with Crippen molar-refractivity contribution in [1.29, 1.82) is 0 Å². The molecular formula is C27H39N3O6. The number of fused-ring (bicyclic) bond motifs is 3. The maximum absolute atomic E-state index is 12.7. The third kappa shape index (κ3) is 6.02. The van der Waals surface area contributed by atoms with Crippen LogP contribution in [0, 0.1) is 5.92 Å². The Morgan fingerprint density at radius 1 is 1.11 bits per heavy atom. The number of hydrogen-bond donors (Lipinski definition) is 3. The molecule has 1 aromatic carbocycles. The van der Waals surface area contributed by atoms with E-state index in [2.05, 4.69) is 15.5 Å². The predicted octanol–water partition coefficient (Wildman–Crippen LogP) is 2.04. The number of aliphatic hydroxyl groups is 1. The largest absolute Gasteiger partial charge is 0.487 e. The van der Waals surface area contributed by atoms with Gasteiger partial charge in [0.1, 0.15) is 18.0 Å².